The molecule has 0 fully saturated rings. The van der Waals surface area contributed by atoms with Crippen molar-refractivity contribution in [1.29, 1.82) is 0 Å². The predicted molar refractivity (Wildman–Crippen MR) is 64.5 cm³/mol. The van der Waals surface area contributed by atoms with Crippen LogP contribution in [0.4, 0.5) is 5.69 Å². The summed E-state index contributed by atoms with van der Waals surface area (Å²) in [5.41, 5.74) is 2.14. The van der Waals surface area contributed by atoms with E-state index in [4.69, 9.17) is 0 Å². The summed E-state index contributed by atoms with van der Waals surface area (Å²) in [4.78, 5) is 0. The molecule has 0 unspecified atom stereocenters. The Hall–Kier alpha value is -1.02. The van der Waals surface area contributed by atoms with Gasteiger partial charge in [-0.3, -0.25) is 10.3 Å². The Kier molecular flexibility index (Phi) is 4.15. The average Bonchev–Trinajstić information content (AvgIpc) is 2.17. The van der Waals surface area contributed by atoms with Gasteiger partial charge < -0.3 is 0 Å². The largest absolute Gasteiger partial charge is 0.288 e. The Morgan fingerprint density at radius 2 is 1.87 bits per heavy atom. The van der Waals surface area contributed by atoms with Gasteiger partial charge in [0.05, 0.1) is 5.69 Å². The third-order valence-electron chi connectivity index (χ3n) is 2.37. The van der Waals surface area contributed by atoms with Gasteiger partial charge in [-0.1, -0.05) is 39.8 Å². The highest BCUT2D eigenvalue weighted by Gasteiger charge is 2.07. The van der Waals surface area contributed by atoms with Crippen molar-refractivity contribution in [2.24, 2.45) is 5.92 Å². The normalized spacial score (nSPS) is 11.1. The average molecular weight is 207 g/mol. The summed E-state index contributed by atoms with van der Waals surface area (Å²) in [5, 5.41) is 11.2. The van der Waals surface area contributed by atoms with Gasteiger partial charge in [0.1, 0.15) is 0 Å². The van der Waals surface area contributed by atoms with Crippen LogP contribution in [0, 0.1) is 5.92 Å². The fraction of sp³-hybridized carbons (Fsp3) is 0.538. The molecular formula is C13H21NO. The summed E-state index contributed by atoms with van der Waals surface area (Å²) in [6.07, 6.45) is 0. The predicted octanol–water partition coefficient (Wildman–Crippen LogP) is 3.66. The molecule has 0 saturated heterocycles. The van der Waals surface area contributed by atoms with Gasteiger partial charge >= 0.3 is 0 Å². The van der Waals surface area contributed by atoms with Crippen LogP contribution in [0.5, 0.6) is 0 Å². The second-order valence-electron chi connectivity index (χ2n) is 4.73. The summed E-state index contributed by atoms with van der Waals surface area (Å²) in [7, 11) is 0. The molecule has 0 radical (unpaired) electrons. The maximum atomic E-state index is 9.83. The molecule has 1 aromatic rings. The van der Waals surface area contributed by atoms with E-state index in [1.54, 1.807) is 0 Å². The Labute approximate surface area is 92.5 Å². The molecule has 0 heterocycles. The first-order valence-corrected chi connectivity index (χ1v) is 5.57. The number of benzene rings is 1. The molecule has 2 nitrogen and oxygen atoms in total. The lowest BCUT2D eigenvalue weighted by Crippen LogP contribution is -2.23. The van der Waals surface area contributed by atoms with Crippen molar-refractivity contribution in [3.63, 3.8) is 0 Å². The summed E-state index contributed by atoms with van der Waals surface area (Å²) in [6, 6.07) is 8.08. The number of hydroxylamine groups is 1. The second-order valence-corrected chi connectivity index (χ2v) is 4.73. The van der Waals surface area contributed by atoms with Gasteiger partial charge in [-0.05, 0) is 29.5 Å². The van der Waals surface area contributed by atoms with E-state index >= 15 is 0 Å². The molecule has 1 aromatic carbocycles. The summed E-state index contributed by atoms with van der Waals surface area (Å²) >= 11 is 0. The number of hydrogen-bond acceptors (Lipinski definition) is 2. The number of rotatable bonds is 4. The molecule has 0 aliphatic heterocycles. The molecule has 0 saturated carbocycles. The van der Waals surface area contributed by atoms with Crippen LogP contribution in [-0.2, 0) is 0 Å². The zero-order valence-corrected chi connectivity index (χ0v) is 10.1. The highest BCUT2D eigenvalue weighted by molar-refractivity contribution is 5.46. The molecule has 0 aliphatic rings. The molecule has 0 spiro atoms. The van der Waals surface area contributed by atoms with Gasteiger partial charge in [0.15, 0.2) is 0 Å². The van der Waals surface area contributed by atoms with E-state index < -0.39 is 0 Å². The van der Waals surface area contributed by atoms with Gasteiger partial charge in [-0.15, -0.1) is 0 Å². The second kappa shape index (κ2) is 5.17. The van der Waals surface area contributed by atoms with E-state index in [-0.39, 0.29) is 0 Å². The molecule has 0 aliphatic carbocycles. The molecule has 1 N–H and O–H groups in total. The van der Waals surface area contributed by atoms with Crippen molar-refractivity contribution in [2.45, 2.75) is 33.6 Å². The van der Waals surface area contributed by atoms with Crippen LogP contribution in [0.2, 0.25) is 0 Å². The third-order valence-corrected chi connectivity index (χ3v) is 2.37. The molecule has 1 rings (SSSR count). The van der Waals surface area contributed by atoms with E-state index in [1.807, 2.05) is 18.2 Å². The number of nitrogens with zero attached hydrogens (tertiary/aromatic N) is 1. The van der Waals surface area contributed by atoms with E-state index in [0.717, 1.165) is 5.69 Å². The first kappa shape index (κ1) is 12.1. The Morgan fingerprint density at radius 3 is 2.40 bits per heavy atom. The van der Waals surface area contributed by atoms with E-state index in [9.17, 15) is 5.21 Å². The maximum absolute atomic E-state index is 9.83. The summed E-state index contributed by atoms with van der Waals surface area (Å²) in [6.45, 7) is 9.17. The van der Waals surface area contributed by atoms with Crippen LogP contribution >= 0.6 is 0 Å². The molecule has 0 aromatic heterocycles. The third kappa shape index (κ3) is 3.56. The van der Waals surface area contributed by atoms with Crippen LogP contribution in [0.25, 0.3) is 0 Å². The fourth-order valence-electron chi connectivity index (χ4n) is 1.50. The van der Waals surface area contributed by atoms with Crippen molar-refractivity contribution in [1.82, 2.24) is 0 Å². The molecule has 84 valence electrons. The monoisotopic (exact) mass is 207 g/mol. The highest BCUT2D eigenvalue weighted by atomic mass is 16.5. The quantitative estimate of drug-likeness (QED) is 0.762. The van der Waals surface area contributed by atoms with Crippen molar-refractivity contribution in [2.75, 3.05) is 11.6 Å². The van der Waals surface area contributed by atoms with Crippen LogP contribution in [-0.4, -0.2) is 11.8 Å². The van der Waals surface area contributed by atoms with E-state index in [2.05, 4.69) is 33.8 Å². The van der Waals surface area contributed by atoms with Gasteiger partial charge in [0, 0.05) is 6.54 Å². The van der Waals surface area contributed by atoms with Crippen LogP contribution < -0.4 is 5.06 Å². The minimum atomic E-state index is 0.456. The zero-order chi connectivity index (χ0) is 11.4. The van der Waals surface area contributed by atoms with Crippen molar-refractivity contribution in [3.8, 4) is 0 Å². The first-order valence-electron chi connectivity index (χ1n) is 5.57. The number of hydrogen-bond donors (Lipinski definition) is 1. The summed E-state index contributed by atoms with van der Waals surface area (Å²) in [5.74, 6) is 0.954. The van der Waals surface area contributed by atoms with Crippen LogP contribution in [0.15, 0.2) is 24.3 Å². The minimum Gasteiger partial charge on any atom is -0.288 e. The van der Waals surface area contributed by atoms with E-state index in [0.29, 0.717) is 18.4 Å². The lowest BCUT2D eigenvalue weighted by atomic mass is 10.0. The lowest BCUT2D eigenvalue weighted by Gasteiger charge is -2.20. The van der Waals surface area contributed by atoms with Gasteiger partial charge in [0.25, 0.3) is 0 Å². The molecule has 0 amide bonds. The Bertz CT molecular complexity index is 307. The Balaban J connectivity index is 2.80. The SMILES string of the molecule is CC(C)CN(O)c1cccc(C(C)C)c1. The molecule has 0 atom stereocenters. The minimum absolute atomic E-state index is 0.456. The zero-order valence-electron chi connectivity index (χ0n) is 10.1. The molecule has 2 heteroatoms. The van der Waals surface area contributed by atoms with Crippen LogP contribution in [0.3, 0.4) is 0 Å². The van der Waals surface area contributed by atoms with Gasteiger partial charge in [0.2, 0.25) is 0 Å². The van der Waals surface area contributed by atoms with Crippen molar-refractivity contribution in [3.05, 3.63) is 29.8 Å². The smallest absolute Gasteiger partial charge is 0.0637 e. The lowest BCUT2D eigenvalue weighted by molar-refractivity contribution is 0.240. The number of anilines is 1. The summed E-state index contributed by atoms with van der Waals surface area (Å²) < 4.78 is 0. The standard InChI is InChI=1S/C13H21NO/c1-10(2)9-14(15)13-7-5-6-12(8-13)11(3)4/h5-8,10-11,15H,9H2,1-4H3. The fourth-order valence-corrected chi connectivity index (χ4v) is 1.50. The Morgan fingerprint density at radius 1 is 1.20 bits per heavy atom. The molecular weight excluding hydrogens is 186 g/mol. The van der Waals surface area contributed by atoms with Gasteiger partial charge in [-0.2, -0.15) is 0 Å². The topological polar surface area (TPSA) is 23.5 Å². The molecule has 0 bridgehead atoms. The van der Waals surface area contributed by atoms with Crippen molar-refractivity contribution < 1.29 is 5.21 Å². The van der Waals surface area contributed by atoms with Crippen molar-refractivity contribution >= 4 is 5.69 Å². The molecule has 15 heavy (non-hydrogen) atoms. The van der Waals surface area contributed by atoms with Crippen LogP contribution in [0.1, 0.15) is 39.2 Å². The van der Waals surface area contributed by atoms with Gasteiger partial charge in [-0.25, -0.2) is 0 Å². The maximum Gasteiger partial charge on any atom is 0.0637 e. The highest BCUT2D eigenvalue weighted by Crippen LogP contribution is 2.21. The first-order chi connectivity index (χ1) is 7.00. The van der Waals surface area contributed by atoms with E-state index in [1.165, 1.54) is 10.6 Å².